The average Bonchev–Trinajstić information content (AvgIpc) is 3.63. The predicted octanol–water partition coefficient (Wildman–Crippen LogP) is 2.16. The molecule has 36 heavy (non-hydrogen) atoms. The van der Waals surface area contributed by atoms with E-state index in [0.29, 0.717) is 26.3 Å². The van der Waals surface area contributed by atoms with Crippen LogP contribution < -0.4 is 4.87 Å². The van der Waals surface area contributed by atoms with Gasteiger partial charge in [0.25, 0.3) is 0 Å². The number of thioether (sulfide) groups is 1. The van der Waals surface area contributed by atoms with Gasteiger partial charge in [-0.1, -0.05) is 41.7 Å². The van der Waals surface area contributed by atoms with Gasteiger partial charge < -0.3 is 14.6 Å². The van der Waals surface area contributed by atoms with Crippen LogP contribution >= 0.6 is 23.1 Å². The van der Waals surface area contributed by atoms with Gasteiger partial charge in [0.15, 0.2) is 0 Å². The van der Waals surface area contributed by atoms with Crippen LogP contribution in [0, 0.1) is 29.6 Å². The Balaban J connectivity index is 1.17. The first-order valence-electron chi connectivity index (χ1n) is 12.7. The zero-order valence-corrected chi connectivity index (χ0v) is 21.3. The first-order chi connectivity index (χ1) is 17.5. The Bertz CT molecular complexity index is 1290. The van der Waals surface area contributed by atoms with Crippen LogP contribution in [-0.4, -0.2) is 70.6 Å². The lowest BCUT2D eigenvalue weighted by atomic mass is 9.68. The quantitative estimate of drug-likeness (QED) is 0.615. The Labute approximate surface area is 216 Å². The fraction of sp³-hybridized carbons (Fsp3) is 0.538. The van der Waals surface area contributed by atoms with Crippen molar-refractivity contribution in [2.75, 3.05) is 32.8 Å². The Hall–Kier alpha value is -2.43. The van der Waals surface area contributed by atoms with E-state index in [1.54, 1.807) is 16.7 Å². The van der Waals surface area contributed by atoms with Crippen LogP contribution in [0.4, 0.5) is 0 Å². The number of aromatic nitrogens is 1. The second-order valence-electron chi connectivity index (χ2n) is 10.4. The van der Waals surface area contributed by atoms with Crippen molar-refractivity contribution in [2.45, 2.75) is 29.0 Å². The summed E-state index contributed by atoms with van der Waals surface area (Å²) in [5.74, 6) is -0.395. The highest BCUT2D eigenvalue weighted by molar-refractivity contribution is 8.00. The van der Waals surface area contributed by atoms with Gasteiger partial charge in [0, 0.05) is 42.1 Å². The molecule has 3 aliphatic heterocycles. The van der Waals surface area contributed by atoms with Gasteiger partial charge in [-0.3, -0.25) is 24.1 Å². The number of imide groups is 1. The molecule has 7 unspecified atom stereocenters. The monoisotopic (exact) mass is 525 g/mol. The summed E-state index contributed by atoms with van der Waals surface area (Å²) in [6.07, 6.45) is 1.04. The number of fused-ring (bicyclic) bond motifs is 9. The van der Waals surface area contributed by atoms with Gasteiger partial charge in [0.2, 0.25) is 17.7 Å². The van der Waals surface area contributed by atoms with Crippen molar-refractivity contribution < 1.29 is 19.1 Å². The molecule has 7 rings (SSSR count). The second-order valence-corrected chi connectivity index (χ2v) is 12.6. The van der Waals surface area contributed by atoms with E-state index in [-0.39, 0.29) is 76.3 Å². The van der Waals surface area contributed by atoms with Crippen molar-refractivity contribution in [1.29, 1.82) is 0 Å². The molecule has 8 nitrogen and oxygen atoms in total. The van der Waals surface area contributed by atoms with Crippen LogP contribution in [0.25, 0.3) is 0 Å². The predicted molar refractivity (Wildman–Crippen MR) is 134 cm³/mol. The van der Waals surface area contributed by atoms with Crippen molar-refractivity contribution in [1.82, 2.24) is 14.8 Å². The van der Waals surface area contributed by atoms with Crippen LogP contribution in [0.5, 0.6) is 0 Å². The lowest BCUT2D eigenvalue weighted by molar-refractivity contribution is -0.142. The smallest absolute Gasteiger partial charge is 0.305 e. The molecule has 4 heterocycles. The average molecular weight is 526 g/mol. The number of nitrogens with zero attached hydrogens (tertiary/aromatic N) is 2. The topological polar surface area (TPSA) is 99.8 Å². The molecule has 188 valence electrons. The van der Waals surface area contributed by atoms with Crippen molar-refractivity contribution >= 4 is 40.8 Å². The Morgan fingerprint density at radius 2 is 1.75 bits per heavy atom. The second kappa shape index (κ2) is 8.56. The van der Waals surface area contributed by atoms with Gasteiger partial charge in [0.05, 0.1) is 30.1 Å². The van der Waals surface area contributed by atoms with E-state index in [1.807, 2.05) is 18.2 Å². The number of rotatable bonds is 4. The number of likely N-dealkylation sites (tertiary alicyclic amines) is 1. The van der Waals surface area contributed by atoms with Gasteiger partial charge in [-0.2, -0.15) is 0 Å². The van der Waals surface area contributed by atoms with Gasteiger partial charge >= 0.3 is 4.87 Å². The first-order valence-corrected chi connectivity index (χ1v) is 14.4. The minimum atomic E-state index is -0.314. The summed E-state index contributed by atoms with van der Waals surface area (Å²) in [5.41, 5.74) is 1.16. The summed E-state index contributed by atoms with van der Waals surface area (Å²) in [5, 5.41) is 1.11. The van der Waals surface area contributed by atoms with Gasteiger partial charge in [0.1, 0.15) is 0 Å². The number of aromatic amines is 1. The summed E-state index contributed by atoms with van der Waals surface area (Å²) in [6, 6.07) is 10.3. The number of nitrogens with one attached hydrogen (secondary N) is 1. The first kappa shape index (κ1) is 22.7. The maximum Gasteiger partial charge on any atom is 0.305 e. The van der Waals surface area contributed by atoms with Crippen LogP contribution in [0.15, 0.2) is 40.2 Å². The maximum absolute atomic E-state index is 13.6. The van der Waals surface area contributed by atoms with Gasteiger partial charge in [-0.15, -0.1) is 11.8 Å². The van der Waals surface area contributed by atoms with Crippen molar-refractivity contribution in [2.24, 2.45) is 29.6 Å². The zero-order chi connectivity index (χ0) is 24.6. The summed E-state index contributed by atoms with van der Waals surface area (Å²) in [4.78, 5) is 59.4. The number of ether oxygens (including phenoxy) is 1. The highest BCUT2D eigenvalue weighted by atomic mass is 32.2. The third kappa shape index (κ3) is 3.30. The van der Waals surface area contributed by atoms with E-state index in [0.717, 1.165) is 21.9 Å². The standard InChI is InChI=1S/C26H27N3O5S2/c30-16(28-8-10-34-11-9-28)6-7-29-24(31)19-14-12-15(20(19)25(29)32)21-18(14)17(13-4-2-1-3-5-13)22-23(35-21)27-26(33)36-22/h1-5,14-15,17-21H,6-12H2,(H,27,33). The molecule has 2 aromatic rings. The lowest BCUT2D eigenvalue weighted by Gasteiger charge is -2.43. The minimum absolute atomic E-state index is 0.0271. The van der Waals surface area contributed by atoms with Gasteiger partial charge in [-0.25, -0.2) is 0 Å². The number of thiazole rings is 1. The molecule has 1 aromatic carbocycles. The number of benzene rings is 1. The molecule has 2 saturated heterocycles. The molecular weight excluding hydrogens is 498 g/mol. The molecule has 5 aliphatic rings. The number of carbonyl (C=O) groups is 3. The Morgan fingerprint density at radius 1 is 1.03 bits per heavy atom. The van der Waals surface area contributed by atoms with Crippen molar-refractivity contribution in [3.05, 3.63) is 50.4 Å². The molecule has 0 radical (unpaired) electrons. The van der Waals surface area contributed by atoms with Crippen molar-refractivity contribution in [3.63, 3.8) is 0 Å². The largest absolute Gasteiger partial charge is 0.378 e. The summed E-state index contributed by atoms with van der Waals surface area (Å²) >= 11 is 2.98. The number of morpholine rings is 1. The molecule has 3 amide bonds. The highest BCUT2D eigenvalue weighted by Crippen LogP contribution is 2.68. The number of hydrogen-bond donors (Lipinski definition) is 1. The molecule has 0 spiro atoms. The van der Waals surface area contributed by atoms with Crippen molar-refractivity contribution in [3.8, 4) is 0 Å². The summed E-state index contributed by atoms with van der Waals surface area (Å²) < 4.78 is 5.32. The molecule has 7 atom stereocenters. The van der Waals surface area contributed by atoms with Crippen LogP contribution in [0.3, 0.4) is 0 Å². The normalized spacial score (nSPS) is 34.6. The molecule has 2 saturated carbocycles. The molecular formula is C26H27N3O5S2. The molecule has 1 N–H and O–H groups in total. The third-order valence-electron chi connectivity index (χ3n) is 8.89. The minimum Gasteiger partial charge on any atom is -0.378 e. The van der Waals surface area contributed by atoms with E-state index in [1.165, 1.54) is 16.2 Å². The Morgan fingerprint density at radius 3 is 2.50 bits per heavy atom. The molecule has 10 heteroatoms. The summed E-state index contributed by atoms with van der Waals surface area (Å²) in [7, 11) is 0. The molecule has 1 aromatic heterocycles. The van der Waals surface area contributed by atoms with E-state index in [4.69, 9.17) is 4.74 Å². The number of carbonyl (C=O) groups excluding carboxylic acids is 3. The summed E-state index contributed by atoms with van der Waals surface area (Å²) in [6.45, 7) is 2.33. The SMILES string of the molecule is O=C(CCN1C(=O)C2C3CC(C2C1=O)C1C(c2ccccc2)c2sc(=O)[nH]c2SC31)N1CCOCC1. The van der Waals surface area contributed by atoms with E-state index < -0.39 is 0 Å². The van der Waals surface area contributed by atoms with E-state index in [9.17, 15) is 19.2 Å². The van der Waals surface area contributed by atoms with E-state index >= 15 is 0 Å². The zero-order valence-electron chi connectivity index (χ0n) is 19.6. The highest BCUT2D eigenvalue weighted by Gasteiger charge is 2.69. The molecule has 2 aliphatic carbocycles. The van der Waals surface area contributed by atoms with Crippen LogP contribution in [-0.2, 0) is 19.1 Å². The number of H-pyrrole nitrogens is 1. The van der Waals surface area contributed by atoms with E-state index in [2.05, 4.69) is 17.1 Å². The lowest BCUT2D eigenvalue weighted by Crippen LogP contribution is -2.43. The third-order valence-corrected chi connectivity index (χ3v) is 11.5. The maximum atomic E-state index is 13.6. The van der Waals surface area contributed by atoms with Crippen LogP contribution in [0.2, 0.25) is 0 Å². The number of hydrogen-bond acceptors (Lipinski definition) is 7. The molecule has 4 fully saturated rings. The molecule has 2 bridgehead atoms. The number of amides is 3. The fourth-order valence-corrected chi connectivity index (χ4v) is 10.4. The van der Waals surface area contributed by atoms with Crippen LogP contribution in [0.1, 0.15) is 29.2 Å². The Kier molecular flexibility index (Phi) is 5.41. The fourth-order valence-electron chi connectivity index (χ4n) is 7.51. The van der Waals surface area contributed by atoms with Gasteiger partial charge in [-0.05, 0) is 29.7 Å².